The molecule has 1 heteroatoms. The van der Waals surface area contributed by atoms with Gasteiger partial charge in [0.1, 0.15) is 0 Å². The van der Waals surface area contributed by atoms with Crippen molar-refractivity contribution in [2.75, 3.05) is 0 Å². The molecule has 0 aromatic heterocycles. The van der Waals surface area contributed by atoms with E-state index in [0.29, 0.717) is 5.92 Å². The van der Waals surface area contributed by atoms with Gasteiger partial charge in [-0.1, -0.05) is 27.2 Å². The summed E-state index contributed by atoms with van der Waals surface area (Å²) in [5.41, 5.74) is 0.181. The molecule has 2 atom stereocenters. The summed E-state index contributed by atoms with van der Waals surface area (Å²) in [6, 6.07) is 0. The number of hydrogen-bond donors (Lipinski definition) is 1. The molecule has 0 aliphatic heterocycles. The third kappa shape index (κ3) is 1.20. The van der Waals surface area contributed by atoms with Crippen LogP contribution in [0.25, 0.3) is 0 Å². The maximum atomic E-state index is 9.72. The number of aliphatic hydroxyl groups is 1. The zero-order valence-electron chi connectivity index (χ0n) is 7.22. The van der Waals surface area contributed by atoms with Gasteiger partial charge in [0.25, 0.3) is 0 Å². The van der Waals surface area contributed by atoms with Crippen LogP contribution >= 0.6 is 0 Å². The summed E-state index contributed by atoms with van der Waals surface area (Å²) < 4.78 is 0. The lowest BCUT2D eigenvalue weighted by molar-refractivity contribution is 0.0450. The summed E-state index contributed by atoms with van der Waals surface area (Å²) in [6.07, 6.45) is 3.47. The average Bonchev–Trinajstić information content (AvgIpc) is 2.10. The molecule has 0 amide bonds. The molecule has 1 saturated carbocycles. The maximum Gasteiger partial charge on any atom is 0.0619 e. The van der Waals surface area contributed by atoms with E-state index in [2.05, 4.69) is 20.8 Å². The first-order valence-corrected chi connectivity index (χ1v) is 4.26. The van der Waals surface area contributed by atoms with Crippen LogP contribution in [0.15, 0.2) is 0 Å². The third-order valence-corrected chi connectivity index (χ3v) is 2.93. The van der Waals surface area contributed by atoms with Crippen LogP contribution < -0.4 is 0 Å². The molecule has 2 unspecified atom stereocenters. The van der Waals surface area contributed by atoms with Gasteiger partial charge in [-0.05, 0) is 24.2 Å². The van der Waals surface area contributed by atoms with Gasteiger partial charge in [0.05, 0.1) is 6.10 Å². The van der Waals surface area contributed by atoms with Crippen molar-refractivity contribution in [1.29, 1.82) is 0 Å². The van der Waals surface area contributed by atoms with Crippen LogP contribution in [-0.4, -0.2) is 11.2 Å². The van der Waals surface area contributed by atoms with Crippen molar-refractivity contribution >= 4 is 0 Å². The summed E-state index contributed by atoms with van der Waals surface area (Å²) in [6.45, 7) is 6.48. The molecule has 0 heterocycles. The standard InChI is InChI=1S/C9H18O/c1-4-7-5-6-9(2,3)8(7)10/h7-8,10H,4-6H2,1-3H3. The molecule has 0 saturated heterocycles. The largest absolute Gasteiger partial charge is 0.392 e. The van der Waals surface area contributed by atoms with Gasteiger partial charge in [-0.15, -0.1) is 0 Å². The Balaban J connectivity index is 2.58. The zero-order chi connectivity index (χ0) is 7.78. The van der Waals surface area contributed by atoms with Crippen molar-refractivity contribution in [3.8, 4) is 0 Å². The van der Waals surface area contributed by atoms with E-state index in [1.807, 2.05) is 0 Å². The summed E-state index contributed by atoms with van der Waals surface area (Å²) >= 11 is 0. The van der Waals surface area contributed by atoms with Gasteiger partial charge in [0, 0.05) is 0 Å². The van der Waals surface area contributed by atoms with Gasteiger partial charge in [-0.3, -0.25) is 0 Å². The lowest BCUT2D eigenvalue weighted by atomic mass is 9.87. The molecule has 1 aliphatic carbocycles. The Morgan fingerprint density at radius 1 is 1.50 bits per heavy atom. The van der Waals surface area contributed by atoms with E-state index in [1.165, 1.54) is 12.8 Å². The third-order valence-electron chi connectivity index (χ3n) is 2.93. The summed E-state index contributed by atoms with van der Waals surface area (Å²) in [7, 11) is 0. The van der Waals surface area contributed by atoms with Crippen LogP contribution in [0.3, 0.4) is 0 Å². The molecule has 10 heavy (non-hydrogen) atoms. The lowest BCUT2D eigenvalue weighted by Gasteiger charge is -2.24. The van der Waals surface area contributed by atoms with Gasteiger partial charge in [-0.25, -0.2) is 0 Å². The smallest absolute Gasteiger partial charge is 0.0619 e. The highest BCUT2D eigenvalue weighted by molar-refractivity contribution is 4.90. The predicted octanol–water partition coefficient (Wildman–Crippen LogP) is 2.19. The first-order valence-electron chi connectivity index (χ1n) is 4.26. The predicted molar refractivity (Wildman–Crippen MR) is 42.8 cm³/mol. The Labute approximate surface area is 63.4 Å². The minimum Gasteiger partial charge on any atom is -0.392 e. The molecule has 0 aromatic rings. The van der Waals surface area contributed by atoms with Crippen molar-refractivity contribution < 1.29 is 5.11 Å². The Morgan fingerprint density at radius 2 is 2.10 bits per heavy atom. The Bertz CT molecular complexity index is 118. The summed E-state index contributed by atoms with van der Waals surface area (Å²) in [5.74, 6) is 0.565. The van der Waals surface area contributed by atoms with E-state index in [1.54, 1.807) is 0 Å². The summed E-state index contributed by atoms with van der Waals surface area (Å²) in [5, 5.41) is 9.72. The molecule has 0 spiro atoms. The average molecular weight is 142 g/mol. The SMILES string of the molecule is CCC1CCC(C)(C)C1O. The second-order valence-electron chi connectivity index (χ2n) is 4.14. The number of rotatable bonds is 1. The molecule has 1 aliphatic rings. The van der Waals surface area contributed by atoms with Crippen molar-refractivity contribution in [2.24, 2.45) is 11.3 Å². The topological polar surface area (TPSA) is 20.2 Å². The first-order chi connectivity index (χ1) is 4.58. The van der Waals surface area contributed by atoms with Crippen LogP contribution in [0.4, 0.5) is 0 Å². The molecule has 1 nitrogen and oxygen atoms in total. The Hall–Kier alpha value is -0.0400. The van der Waals surface area contributed by atoms with Crippen molar-refractivity contribution in [2.45, 2.75) is 46.1 Å². The molecular weight excluding hydrogens is 124 g/mol. The van der Waals surface area contributed by atoms with Gasteiger partial charge in [0.2, 0.25) is 0 Å². The highest BCUT2D eigenvalue weighted by Crippen LogP contribution is 2.42. The van der Waals surface area contributed by atoms with Crippen molar-refractivity contribution in [1.82, 2.24) is 0 Å². The first kappa shape index (κ1) is 8.06. The van der Waals surface area contributed by atoms with Crippen LogP contribution in [0.2, 0.25) is 0 Å². The van der Waals surface area contributed by atoms with E-state index < -0.39 is 0 Å². The highest BCUT2D eigenvalue weighted by atomic mass is 16.3. The van der Waals surface area contributed by atoms with Crippen LogP contribution in [-0.2, 0) is 0 Å². The van der Waals surface area contributed by atoms with E-state index in [0.717, 1.165) is 6.42 Å². The van der Waals surface area contributed by atoms with Crippen molar-refractivity contribution in [3.63, 3.8) is 0 Å². The molecule has 0 bridgehead atoms. The minimum absolute atomic E-state index is 0.0579. The van der Waals surface area contributed by atoms with Crippen LogP contribution in [0.5, 0.6) is 0 Å². The highest BCUT2D eigenvalue weighted by Gasteiger charge is 2.39. The van der Waals surface area contributed by atoms with Gasteiger partial charge >= 0.3 is 0 Å². The maximum absolute atomic E-state index is 9.72. The van der Waals surface area contributed by atoms with Crippen LogP contribution in [0, 0.1) is 11.3 Å². The molecule has 0 radical (unpaired) electrons. The molecular formula is C9H18O. The fraction of sp³-hybridized carbons (Fsp3) is 1.00. The molecule has 0 aromatic carbocycles. The van der Waals surface area contributed by atoms with Gasteiger partial charge in [0.15, 0.2) is 0 Å². The van der Waals surface area contributed by atoms with Crippen LogP contribution in [0.1, 0.15) is 40.0 Å². The van der Waals surface area contributed by atoms with Gasteiger partial charge < -0.3 is 5.11 Å². The molecule has 1 N–H and O–H groups in total. The molecule has 1 rings (SSSR count). The van der Waals surface area contributed by atoms with Crippen molar-refractivity contribution in [3.05, 3.63) is 0 Å². The van der Waals surface area contributed by atoms with E-state index >= 15 is 0 Å². The molecule has 60 valence electrons. The monoisotopic (exact) mass is 142 g/mol. The fourth-order valence-electron chi connectivity index (χ4n) is 1.93. The Kier molecular flexibility index (Phi) is 2.04. The van der Waals surface area contributed by atoms with E-state index in [9.17, 15) is 5.11 Å². The fourth-order valence-corrected chi connectivity index (χ4v) is 1.93. The normalized spacial score (nSPS) is 38.4. The Morgan fingerprint density at radius 3 is 2.30 bits per heavy atom. The van der Waals surface area contributed by atoms with E-state index in [-0.39, 0.29) is 11.5 Å². The lowest BCUT2D eigenvalue weighted by Crippen LogP contribution is -2.27. The quantitative estimate of drug-likeness (QED) is 0.595. The van der Waals surface area contributed by atoms with E-state index in [4.69, 9.17) is 0 Å². The zero-order valence-corrected chi connectivity index (χ0v) is 7.22. The second-order valence-corrected chi connectivity index (χ2v) is 4.14. The number of aliphatic hydroxyl groups excluding tert-OH is 1. The molecule has 1 fully saturated rings. The number of hydrogen-bond acceptors (Lipinski definition) is 1. The minimum atomic E-state index is -0.0579. The van der Waals surface area contributed by atoms with Gasteiger partial charge in [-0.2, -0.15) is 0 Å². The summed E-state index contributed by atoms with van der Waals surface area (Å²) in [4.78, 5) is 0. The second kappa shape index (κ2) is 2.54.